The third-order valence-corrected chi connectivity index (χ3v) is 4.25. The van der Waals surface area contributed by atoms with Crippen molar-refractivity contribution in [3.8, 4) is 0 Å². The quantitative estimate of drug-likeness (QED) is 0.895. The van der Waals surface area contributed by atoms with Crippen molar-refractivity contribution in [1.29, 1.82) is 0 Å². The molecule has 1 heterocycles. The summed E-state index contributed by atoms with van der Waals surface area (Å²) in [5.41, 5.74) is 1.56. The predicted octanol–water partition coefficient (Wildman–Crippen LogP) is 1.79. The Balaban J connectivity index is 2.37. The van der Waals surface area contributed by atoms with Gasteiger partial charge in [-0.2, -0.15) is 4.98 Å². The van der Waals surface area contributed by atoms with Crippen molar-refractivity contribution in [1.82, 2.24) is 9.55 Å². The van der Waals surface area contributed by atoms with E-state index < -0.39 is 11.9 Å². The van der Waals surface area contributed by atoms with Gasteiger partial charge in [0.25, 0.3) is 0 Å². The van der Waals surface area contributed by atoms with Gasteiger partial charge in [0.15, 0.2) is 0 Å². The lowest BCUT2D eigenvalue weighted by Crippen LogP contribution is -2.41. The fourth-order valence-electron chi connectivity index (χ4n) is 3.09. The highest BCUT2D eigenvalue weighted by Gasteiger charge is 2.34. The molecule has 1 aromatic heterocycles. The fourth-order valence-corrected chi connectivity index (χ4v) is 3.09. The number of nitrogens with zero attached hydrogens (tertiary/aromatic N) is 2. The van der Waals surface area contributed by atoms with Gasteiger partial charge in [-0.05, 0) is 40.5 Å². The molecular weight excluding hydrogens is 272 g/mol. The molecule has 0 bridgehead atoms. The number of hydrogen-bond acceptors (Lipinski definition) is 4. The molecule has 116 valence electrons. The van der Waals surface area contributed by atoms with Crippen molar-refractivity contribution < 1.29 is 14.6 Å². The first-order chi connectivity index (χ1) is 9.86. The van der Waals surface area contributed by atoms with Gasteiger partial charge in [-0.1, -0.05) is 0 Å². The highest BCUT2D eigenvalue weighted by molar-refractivity contribution is 5.76. The van der Waals surface area contributed by atoms with E-state index in [9.17, 15) is 14.7 Å². The molecule has 21 heavy (non-hydrogen) atoms. The summed E-state index contributed by atoms with van der Waals surface area (Å²) in [6.45, 7) is 7.73. The Labute approximate surface area is 123 Å². The Bertz CT molecular complexity index is 602. The van der Waals surface area contributed by atoms with Crippen LogP contribution in [0.25, 0.3) is 0 Å². The highest BCUT2D eigenvalue weighted by atomic mass is 16.5. The van der Waals surface area contributed by atoms with Crippen LogP contribution in [0.1, 0.15) is 55.6 Å². The first kappa shape index (κ1) is 15.7. The Kier molecular flexibility index (Phi) is 4.46. The molecule has 1 unspecified atom stereocenters. The van der Waals surface area contributed by atoms with Crippen LogP contribution in [-0.4, -0.2) is 33.3 Å². The molecule has 1 saturated carbocycles. The molecule has 0 aliphatic heterocycles. The molecule has 0 aromatic carbocycles. The van der Waals surface area contributed by atoms with E-state index in [0.29, 0.717) is 23.6 Å². The van der Waals surface area contributed by atoms with E-state index >= 15 is 0 Å². The molecule has 6 heteroatoms. The third kappa shape index (κ3) is 2.85. The van der Waals surface area contributed by atoms with Crippen LogP contribution in [-0.2, 0) is 9.53 Å². The van der Waals surface area contributed by atoms with Gasteiger partial charge in [-0.3, -0.25) is 9.36 Å². The summed E-state index contributed by atoms with van der Waals surface area (Å²) in [6.07, 6.45) is 1.74. The fraction of sp³-hybridized carbons (Fsp3) is 0.667. The topological polar surface area (TPSA) is 81.4 Å². The summed E-state index contributed by atoms with van der Waals surface area (Å²) in [7, 11) is 0. The van der Waals surface area contributed by atoms with Gasteiger partial charge < -0.3 is 9.84 Å². The normalized spacial score (nSPS) is 22.7. The number of carboxylic acids is 1. The second-order valence-corrected chi connectivity index (χ2v) is 5.61. The minimum Gasteiger partial charge on any atom is -0.481 e. The van der Waals surface area contributed by atoms with E-state index in [-0.39, 0.29) is 17.8 Å². The zero-order valence-corrected chi connectivity index (χ0v) is 12.9. The van der Waals surface area contributed by atoms with Crippen molar-refractivity contribution in [2.45, 2.75) is 58.6 Å². The standard InChI is InChI=1S/C15H22N2O4/c1-5-21-12-6-11(7-12)17-10(4)13(8(2)14(18)19)9(3)16-15(17)20/h8,11-12H,5-7H2,1-4H3,(H,18,19). The van der Waals surface area contributed by atoms with Crippen LogP contribution in [0.2, 0.25) is 0 Å². The largest absolute Gasteiger partial charge is 0.481 e. The van der Waals surface area contributed by atoms with Gasteiger partial charge >= 0.3 is 11.7 Å². The monoisotopic (exact) mass is 294 g/mol. The minimum atomic E-state index is -0.908. The van der Waals surface area contributed by atoms with E-state index in [2.05, 4.69) is 4.98 Å². The number of aromatic nitrogens is 2. The van der Waals surface area contributed by atoms with Crippen LogP contribution in [0.5, 0.6) is 0 Å². The zero-order chi connectivity index (χ0) is 15.7. The van der Waals surface area contributed by atoms with Crippen molar-refractivity contribution >= 4 is 5.97 Å². The highest BCUT2D eigenvalue weighted by Crippen LogP contribution is 2.35. The number of aryl methyl sites for hydroxylation is 1. The average Bonchev–Trinajstić information content (AvgIpc) is 2.34. The summed E-state index contributed by atoms with van der Waals surface area (Å²) in [5, 5.41) is 9.23. The summed E-state index contributed by atoms with van der Waals surface area (Å²) >= 11 is 0. The molecule has 1 N–H and O–H groups in total. The minimum absolute atomic E-state index is 0.0573. The molecule has 1 aromatic rings. The summed E-state index contributed by atoms with van der Waals surface area (Å²) in [6, 6.07) is 0.0573. The second kappa shape index (κ2) is 5.97. The molecule has 1 atom stereocenters. The van der Waals surface area contributed by atoms with Gasteiger partial charge in [0.2, 0.25) is 0 Å². The van der Waals surface area contributed by atoms with E-state index in [1.807, 2.05) is 6.92 Å². The Hall–Kier alpha value is -1.69. The summed E-state index contributed by atoms with van der Waals surface area (Å²) < 4.78 is 7.16. The molecule has 1 aliphatic carbocycles. The molecule has 0 radical (unpaired) electrons. The molecule has 1 fully saturated rings. The first-order valence-corrected chi connectivity index (χ1v) is 7.30. The Morgan fingerprint density at radius 1 is 1.48 bits per heavy atom. The van der Waals surface area contributed by atoms with Crippen molar-refractivity contribution in [2.75, 3.05) is 6.61 Å². The lowest BCUT2D eigenvalue weighted by atomic mass is 9.88. The van der Waals surface area contributed by atoms with E-state index in [4.69, 9.17) is 4.74 Å². The third-order valence-electron chi connectivity index (χ3n) is 4.25. The van der Waals surface area contributed by atoms with Crippen LogP contribution in [0.3, 0.4) is 0 Å². The van der Waals surface area contributed by atoms with Crippen LogP contribution in [0.4, 0.5) is 0 Å². The van der Waals surface area contributed by atoms with Crippen LogP contribution in [0.15, 0.2) is 4.79 Å². The average molecular weight is 294 g/mol. The Morgan fingerprint density at radius 2 is 2.10 bits per heavy atom. The number of hydrogen-bond donors (Lipinski definition) is 1. The van der Waals surface area contributed by atoms with E-state index in [1.54, 1.807) is 25.3 Å². The number of carboxylic acid groups (broad SMARTS) is 1. The number of ether oxygens (including phenoxy) is 1. The predicted molar refractivity (Wildman–Crippen MR) is 77.7 cm³/mol. The van der Waals surface area contributed by atoms with Gasteiger partial charge in [0, 0.05) is 29.6 Å². The molecule has 0 amide bonds. The summed E-state index contributed by atoms with van der Waals surface area (Å²) in [4.78, 5) is 27.4. The van der Waals surface area contributed by atoms with E-state index in [1.165, 1.54) is 0 Å². The van der Waals surface area contributed by atoms with Gasteiger partial charge in [-0.25, -0.2) is 4.79 Å². The number of rotatable bonds is 5. The van der Waals surface area contributed by atoms with Crippen molar-refractivity contribution in [3.63, 3.8) is 0 Å². The van der Waals surface area contributed by atoms with Crippen LogP contribution >= 0.6 is 0 Å². The van der Waals surface area contributed by atoms with Gasteiger partial charge in [-0.15, -0.1) is 0 Å². The molecule has 0 spiro atoms. The summed E-state index contributed by atoms with van der Waals surface area (Å²) in [5.74, 6) is -1.58. The maximum atomic E-state index is 12.2. The molecule has 6 nitrogen and oxygen atoms in total. The molecule has 0 saturated heterocycles. The Morgan fingerprint density at radius 3 is 2.62 bits per heavy atom. The van der Waals surface area contributed by atoms with Crippen molar-refractivity contribution in [3.05, 3.63) is 27.4 Å². The van der Waals surface area contributed by atoms with Gasteiger partial charge in [0.05, 0.1) is 12.0 Å². The molecular formula is C15H22N2O4. The lowest BCUT2D eigenvalue weighted by molar-refractivity contribution is -0.138. The maximum Gasteiger partial charge on any atom is 0.348 e. The second-order valence-electron chi connectivity index (χ2n) is 5.61. The van der Waals surface area contributed by atoms with Gasteiger partial charge in [0.1, 0.15) is 0 Å². The zero-order valence-electron chi connectivity index (χ0n) is 12.9. The van der Waals surface area contributed by atoms with Crippen LogP contribution < -0.4 is 5.69 Å². The number of aliphatic carboxylic acids is 1. The molecule has 2 rings (SSSR count). The SMILES string of the molecule is CCOC1CC(n2c(C)c(C(C)C(=O)O)c(C)nc2=O)C1. The van der Waals surface area contributed by atoms with E-state index in [0.717, 1.165) is 12.8 Å². The lowest BCUT2D eigenvalue weighted by Gasteiger charge is -2.37. The number of carbonyl (C=O) groups is 1. The van der Waals surface area contributed by atoms with Crippen LogP contribution in [0, 0.1) is 13.8 Å². The first-order valence-electron chi connectivity index (χ1n) is 7.30. The molecule has 1 aliphatic rings. The maximum absolute atomic E-state index is 12.2. The smallest absolute Gasteiger partial charge is 0.348 e. The van der Waals surface area contributed by atoms with Crippen molar-refractivity contribution in [2.24, 2.45) is 0 Å².